The van der Waals surface area contributed by atoms with Crippen molar-refractivity contribution in [3.63, 3.8) is 0 Å². The highest BCUT2D eigenvalue weighted by atomic mass is 79.9. The normalized spacial score (nSPS) is 13.5. The highest BCUT2D eigenvalue weighted by Gasteiger charge is 2.35. The molecule has 0 saturated heterocycles. The molecule has 0 aliphatic heterocycles. The molecule has 120 valence electrons. The largest absolute Gasteiger partial charge is 0.416 e. The fourth-order valence-electron chi connectivity index (χ4n) is 2.60. The van der Waals surface area contributed by atoms with Gasteiger partial charge in [-0.2, -0.15) is 13.2 Å². The maximum absolute atomic E-state index is 13.3. The van der Waals surface area contributed by atoms with Crippen LogP contribution in [0.4, 0.5) is 13.2 Å². The second-order valence-corrected chi connectivity index (χ2v) is 6.54. The van der Waals surface area contributed by atoms with Gasteiger partial charge in [0.1, 0.15) is 0 Å². The van der Waals surface area contributed by atoms with Gasteiger partial charge in [-0.15, -0.1) is 0 Å². The van der Waals surface area contributed by atoms with Crippen LogP contribution in [0.1, 0.15) is 24.1 Å². The third-order valence-corrected chi connectivity index (χ3v) is 4.45. The molecule has 1 heterocycles. The first-order chi connectivity index (χ1) is 10.8. The molecule has 7 heteroatoms. The summed E-state index contributed by atoms with van der Waals surface area (Å²) in [4.78, 5) is 4.25. The molecule has 0 aliphatic rings. The van der Waals surface area contributed by atoms with Gasteiger partial charge in [0, 0.05) is 9.50 Å². The SMILES string of the molecule is C[C@H](c1ccc(Cl)cc1C(F)(F)F)n1cnc2ccc(Br)cc21. The third-order valence-electron chi connectivity index (χ3n) is 3.72. The summed E-state index contributed by atoms with van der Waals surface area (Å²) in [5, 5.41) is 0.0616. The van der Waals surface area contributed by atoms with E-state index in [0.29, 0.717) is 0 Å². The van der Waals surface area contributed by atoms with Crippen molar-refractivity contribution in [2.24, 2.45) is 0 Å². The summed E-state index contributed by atoms with van der Waals surface area (Å²) in [6.45, 7) is 1.71. The van der Waals surface area contributed by atoms with Gasteiger partial charge in [-0.05, 0) is 42.8 Å². The highest BCUT2D eigenvalue weighted by molar-refractivity contribution is 9.10. The lowest BCUT2D eigenvalue weighted by Crippen LogP contribution is -2.14. The van der Waals surface area contributed by atoms with Crippen LogP contribution in [0.15, 0.2) is 47.2 Å². The van der Waals surface area contributed by atoms with Gasteiger partial charge in [-0.3, -0.25) is 0 Å². The first kappa shape index (κ1) is 16.3. The number of rotatable bonds is 2. The first-order valence-electron chi connectivity index (χ1n) is 6.76. The van der Waals surface area contributed by atoms with Gasteiger partial charge in [0.05, 0.1) is 29.0 Å². The van der Waals surface area contributed by atoms with E-state index >= 15 is 0 Å². The van der Waals surface area contributed by atoms with Gasteiger partial charge in [0.15, 0.2) is 0 Å². The van der Waals surface area contributed by atoms with Crippen LogP contribution in [0, 0.1) is 0 Å². The molecule has 2 aromatic carbocycles. The van der Waals surface area contributed by atoms with Gasteiger partial charge in [0.25, 0.3) is 0 Å². The summed E-state index contributed by atoms with van der Waals surface area (Å²) in [6, 6.07) is 8.80. The molecule has 0 spiro atoms. The van der Waals surface area contributed by atoms with Crippen LogP contribution < -0.4 is 0 Å². The Bertz CT molecular complexity index is 873. The Labute approximate surface area is 144 Å². The maximum atomic E-state index is 13.3. The predicted molar refractivity (Wildman–Crippen MR) is 87.7 cm³/mol. The van der Waals surface area contributed by atoms with Crippen molar-refractivity contribution in [3.05, 3.63) is 63.3 Å². The molecule has 23 heavy (non-hydrogen) atoms. The summed E-state index contributed by atoms with van der Waals surface area (Å²) in [5.74, 6) is 0. The highest BCUT2D eigenvalue weighted by Crippen LogP contribution is 2.38. The van der Waals surface area contributed by atoms with E-state index in [9.17, 15) is 13.2 Å². The van der Waals surface area contributed by atoms with Crippen molar-refractivity contribution in [1.82, 2.24) is 9.55 Å². The molecule has 1 aromatic heterocycles. The number of fused-ring (bicyclic) bond motifs is 1. The van der Waals surface area contributed by atoms with E-state index in [4.69, 9.17) is 11.6 Å². The molecule has 3 rings (SSSR count). The summed E-state index contributed by atoms with van der Waals surface area (Å²) in [6.07, 6.45) is -2.91. The van der Waals surface area contributed by atoms with Gasteiger partial charge in [-0.25, -0.2) is 4.98 Å². The number of imidazole rings is 1. The number of alkyl halides is 3. The van der Waals surface area contributed by atoms with Crippen molar-refractivity contribution >= 4 is 38.6 Å². The Morgan fingerprint density at radius 2 is 1.91 bits per heavy atom. The lowest BCUT2D eigenvalue weighted by Gasteiger charge is -2.20. The van der Waals surface area contributed by atoms with E-state index in [2.05, 4.69) is 20.9 Å². The van der Waals surface area contributed by atoms with Gasteiger partial charge >= 0.3 is 6.18 Å². The fraction of sp³-hybridized carbons (Fsp3) is 0.188. The number of aromatic nitrogens is 2. The van der Waals surface area contributed by atoms with Crippen molar-refractivity contribution in [2.75, 3.05) is 0 Å². The summed E-state index contributed by atoms with van der Waals surface area (Å²) in [5.41, 5.74) is 0.910. The zero-order valence-electron chi connectivity index (χ0n) is 11.9. The van der Waals surface area contributed by atoms with E-state index < -0.39 is 17.8 Å². The Morgan fingerprint density at radius 3 is 2.61 bits per heavy atom. The topological polar surface area (TPSA) is 17.8 Å². The van der Waals surface area contributed by atoms with Crippen LogP contribution in [-0.4, -0.2) is 9.55 Å². The van der Waals surface area contributed by atoms with Gasteiger partial charge in [-0.1, -0.05) is 33.6 Å². The molecule has 0 N–H and O–H groups in total. The summed E-state index contributed by atoms with van der Waals surface area (Å²) < 4.78 is 42.5. The van der Waals surface area contributed by atoms with Crippen molar-refractivity contribution in [2.45, 2.75) is 19.1 Å². The molecular weight excluding hydrogens is 393 g/mol. The minimum Gasteiger partial charge on any atom is -0.323 e. The Kier molecular flexibility index (Phi) is 4.14. The molecule has 0 aliphatic carbocycles. The number of benzene rings is 2. The van der Waals surface area contributed by atoms with Crippen molar-refractivity contribution in [3.8, 4) is 0 Å². The van der Waals surface area contributed by atoms with Crippen LogP contribution in [0.25, 0.3) is 11.0 Å². The van der Waals surface area contributed by atoms with Gasteiger partial charge in [0.2, 0.25) is 0 Å². The second kappa shape index (κ2) is 5.83. The van der Waals surface area contributed by atoms with Crippen LogP contribution in [0.2, 0.25) is 5.02 Å². The molecule has 0 bridgehead atoms. The standard InChI is InChI=1S/C16H11BrClF3N2/c1-9(12-4-3-11(18)7-13(12)16(19,20)21)23-8-22-14-5-2-10(17)6-15(14)23/h2-9H,1H3/t9-/m1/s1. The Morgan fingerprint density at radius 1 is 1.17 bits per heavy atom. The van der Waals surface area contributed by atoms with Crippen LogP contribution in [-0.2, 0) is 6.18 Å². The minimum absolute atomic E-state index is 0.0616. The first-order valence-corrected chi connectivity index (χ1v) is 7.93. The van der Waals surface area contributed by atoms with E-state index in [0.717, 1.165) is 21.6 Å². The summed E-state index contributed by atoms with van der Waals surface area (Å²) >= 11 is 9.12. The van der Waals surface area contributed by atoms with Crippen molar-refractivity contribution in [1.29, 1.82) is 0 Å². The number of nitrogens with zero attached hydrogens (tertiary/aromatic N) is 2. The molecule has 3 aromatic rings. The van der Waals surface area contributed by atoms with E-state index in [-0.39, 0.29) is 10.6 Å². The van der Waals surface area contributed by atoms with Gasteiger partial charge < -0.3 is 4.57 Å². The number of hydrogen-bond donors (Lipinski definition) is 0. The van der Waals surface area contributed by atoms with Crippen LogP contribution >= 0.6 is 27.5 Å². The number of halogens is 5. The van der Waals surface area contributed by atoms with E-state index in [1.807, 2.05) is 18.2 Å². The van der Waals surface area contributed by atoms with Crippen molar-refractivity contribution < 1.29 is 13.2 Å². The third kappa shape index (κ3) is 3.10. The summed E-state index contributed by atoms with van der Waals surface area (Å²) in [7, 11) is 0. The fourth-order valence-corrected chi connectivity index (χ4v) is 3.12. The predicted octanol–water partition coefficient (Wildman–Crippen LogP) is 6.08. The molecule has 0 amide bonds. The molecule has 0 unspecified atom stereocenters. The number of hydrogen-bond acceptors (Lipinski definition) is 1. The maximum Gasteiger partial charge on any atom is 0.416 e. The molecule has 2 nitrogen and oxygen atoms in total. The second-order valence-electron chi connectivity index (χ2n) is 5.19. The lowest BCUT2D eigenvalue weighted by molar-refractivity contribution is -0.138. The zero-order chi connectivity index (χ0) is 16.8. The molecule has 0 fully saturated rings. The average Bonchev–Trinajstić information content (AvgIpc) is 2.88. The molecule has 0 radical (unpaired) electrons. The quantitative estimate of drug-likeness (QED) is 0.507. The van der Waals surface area contributed by atoms with E-state index in [1.165, 1.54) is 12.1 Å². The minimum atomic E-state index is -4.47. The zero-order valence-corrected chi connectivity index (χ0v) is 14.2. The van der Waals surface area contributed by atoms with Crippen LogP contribution in [0.3, 0.4) is 0 Å². The average molecular weight is 404 g/mol. The monoisotopic (exact) mass is 402 g/mol. The molecule has 0 saturated carbocycles. The smallest absolute Gasteiger partial charge is 0.323 e. The van der Waals surface area contributed by atoms with Crippen LogP contribution in [0.5, 0.6) is 0 Å². The Hall–Kier alpha value is -1.53. The molecule has 1 atom stereocenters. The molecular formula is C16H11BrClF3N2. The lowest BCUT2D eigenvalue weighted by atomic mass is 10.0. The Balaban J connectivity index is 2.16. The van der Waals surface area contributed by atoms with E-state index in [1.54, 1.807) is 17.8 Å².